The summed E-state index contributed by atoms with van der Waals surface area (Å²) in [6.07, 6.45) is 2.86. The lowest BCUT2D eigenvalue weighted by molar-refractivity contribution is -0.129. The van der Waals surface area contributed by atoms with Crippen LogP contribution in [0.25, 0.3) is 0 Å². The first kappa shape index (κ1) is 12.4. The molecule has 1 N–H and O–H groups in total. The van der Waals surface area contributed by atoms with E-state index in [1.165, 1.54) is 12.8 Å². The largest absolute Gasteiger partial charge is 0.351 e. The quantitative estimate of drug-likeness (QED) is 0.802. The molecule has 1 aliphatic heterocycles. The van der Waals surface area contributed by atoms with E-state index in [1.54, 1.807) is 0 Å². The average molecular weight is 238 g/mol. The van der Waals surface area contributed by atoms with Gasteiger partial charge >= 0.3 is 0 Å². The van der Waals surface area contributed by atoms with Gasteiger partial charge in [0, 0.05) is 25.0 Å². The van der Waals surface area contributed by atoms with Crippen LogP contribution in [0.4, 0.5) is 0 Å². The Bertz CT molecular complexity index is 329. The molecular weight excluding hydrogens is 216 g/mol. The SMILES string of the molecule is CC(C)(C)NC(=O)C1CC(=O)N(CC2CC2)C1. The topological polar surface area (TPSA) is 49.4 Å². The first-order valence-electron chi connectivity index (χ1n) is 6.45. The van der Waals surface area contributed by atoms with Crippen molar-refractivity contribution in [1.29, 1.82) is 0 Å². The van der Waals surface area contributed by atoms with E-state index in [1.807, 2.05) is 25.7 Å². The summed E-state index contributed by atoms with van der Waals surface area (Å²) >= 11 is 0. The summed E-state index contributed by atoms with van der Waals surface area (Å²) < 4.78 is 0. The van der Waals surface area contributed by atoms with Crippen molar-refractivity contribution in [2.24, 2.45) is 11.8 Å². The van der Waals surface area contributed by atoms with E-state index in [0.29, 0.717) is 18.9 Å². The number of carbonyl (C=O) groups excluding carboxylic acids is 2. The molecule has 0 spiro atoms. The zero-order valence-electron chi connectivity index (χ0n) is 11.0. The molecular formula is C13H22N2O2. The van der Waals surface area contributed by atoms with E-state index in [9.17, 15) is 9.59 Å². The second-order valence-electron chi connectivity index (χ2n) is 6.38. The third-order valence-electron chi connectivity index (χ3n) is 3.26. The molecule has 1 atom stereocenters. The van der Waals surface area contributed by atoms with Crippen LogP contribution in [-0.2, 0) is 9.59 Å². The summed E-state index contributed by atoms with van der Waals surface area (Å²) in [7, 11) is 0. The Labute approximate surface area is 103 Å². The lowest BCUT2D eigenvalue weighted by atomic mass is 10.0. The van der Waals surface area contributed by atoms with Crippen molar-refractivity contribution in [3.63, 3.8) is 0 Å². The Hall–Kier alpha value is -1.06. The second-order valence-corrected chi connectivity index (χ2v) is 6.38. The maximum absolute atomic E-state index is 12.0. The summed E-state index contributed by atoms with van der Waals surface area (Å²) in [4.78, 5) is 25.6. The highest BCUT2D eigenvalue weighted by Crippen LogP contribution is 2.32. The van der Waals surface area contributed by atoms with Gasteiger partial charge in [-0.25, -0.2) is 0 Å². The van der Waals surface area contributed by atoms with E-state index in [0.717, 1.165) is 6.54 Å². The number of nitrogens with one attached hydrogen (secondary N) is 1. The maximum Gasteiger partial charge on any atom is 0.225 e. The molecule has 0 radical (unpaired) electrons. The standard InChI is InChI=1S/C13H22N2O2/c1-13(2,3)14-12(17)10-6-11(16)15(8-10)7-9-4-5-9/h9-10H,4-8H2,1-3H3,(H,14,17). The highest BCUT2D eigenvalue weighted by atomic mass is 16.2. The number of hydrogen-bond donors (Lipinski definition) is 1. The van der Waals surface area contributed by atoms with Crippen LogP contribution in [0.1, 0.15) is 40.0 Å². The minimum atomic E-state index is -0.218. The summed E-state index contributed by atoms with van der Waals surface area (Å²) in [6.45, 7) is 7.35. The fourth-order valence-corrected chi connectivity index (χ4v) is 2.21. The number of likely N-dealkylation sites (tertiary alicyclic amines) is 1. The molecule has 0 aromatic rings. The molecule has 1 saturated heterocycles. The molecule has 0 aromatic carbocycles. The van der Waals surface area contributed by atoms with Crippen molar-refractivity contribution in [3.8, 4) is 0 Å². The zero-order valence-corrected chi connectivity index (χ0v) is 11.0. The van der Waals surface area contributed by atoms with Crippen molar-refractivity contribution in [3.05, 3.63) is 0 Å². The molecule has 2 rings (SSSR count). The molecule has 0 aromatic heterocycles. The molecule has 2 amide bonds. The summed E-state index contributed by atoms with van der Waals surface area (Å²) in [5.74, 6) is 0.707. The Morgan fingerprint density at radius 1 is 1.41 bits per heavy atom. The summed E-state index contributed by atoms with van der Waals surface area (Å²) in [5.41, 5.74) is -0.218. The zero-order chi connectivity index (χ0) is 12.6. The number of nitrogens with zero attached hydrogens (tertiary/aromatic N) is 1. The Morgan fingerprint density at radius 2 is 2.06 bits per heavy atom. The fraction of sp³-hybridized carbons (Fsp3) is 0.846. The van der Waals surface area contributed by atoms with Crippen molar-refractivity contribution in [2.75, 3.05) is 13.1 Å². The molecule has 4 heteroatoms. The normalized spacial score (nSPS) is 25.2. The lowest BCUT2D eigenvalue weighted by Gasteiger charge is -2.23. The highest BCUT2D eigenvalue weighted by Gasteiger charge is 2.37. The van der Waals surface area contributed by atoms with Gasteiger partial charge in [0.05, 0.1) is 5.92 Å². The van der Waals surface area contributed by atoms with E-state index in [-0.39, 0.29) is 23.3 Å². The fourth-order valence-electron chi connectivity index (χ4n) is 2.21. The van der Waals surface area contributed by atoms with E-state index in [2.05, 4.69) is 5.32 Å². The molecule has 96 valence electrons. The second kappa shape index (κ2) is 4.31. The van der Waals surface area contributed by atoms with E-state index in [4.69, 9.17) is 0 Å². The van der Waals surface area contributed by atoms with Gasteiger partial charge in [0.15, 0.2) is 0 Å². The van der Waals surface area contributed by atoms with Crippen LogP contribution in [0.15, 0.2) is 0 Å². The van der Waals surface area contributed by atoms with Gasteiger partial charge in [-0.1, -0.05) is 0 Å². The Morgan fingerprint density at radius 3 is 2.59 bits per heavy atom. The summed E-state index contributed by atoms with van der Waals surface area (Å²) in [5, 5.41) is 2.95. The number of carbonyl (C=O) groups is 2. The minimum Gasteiger partial charge on any atom is -0.351 e. The van der Waals surface area contributed by atoms with Crippen LogP contribution in [0, 0.1) is 11.8 Å². The predicted octanol–water partition coefficient (Wildman–Crippen LogP) is 1.16. The average Bonchev–Trinajstić information content (AvgIpc) is 2.89. The van der Waals surface area contributed by atoms with Gasteiger partial charge in [0.25, 0.3) is 0 Å². The van der Waals surface area contributed by atoms with Gasteiger partial charge in [-0.05, 0) is 39.5 Å². The van der Waals surface area contributed by atoms with E-state index < -0.39 is 0 Å². The van der Waals surface area contributed by atoms with Crippen LogP contribution in [0.5, 0.6) is 0 Å². The molecule has 1 aliphatic carbocycles. The van der Waals surface area contributed by atoms with E-state index >= 15 is 0 Å². The van der Waals surface area contributed by atoms with Crippen LogP contribution < -0.4 is 5.32 Å². The summed E-state index contributed by atoms with van der Waals surface area (Å²) in [6, 6.07) is 0. The Balaban J connectivity index is 1.86. The number of amides is 2. The molecule has 4 nitrogen and oxygen atoms in total. The van der Waals surface area contributed by atoms with Crippen molar-refractivity contribution >= 4 is 11.8 Å². The monoisotopic (exact) mass is 238 g/mol. The number of rotatable bonds is 3. The first-order chi connectivity index (χ1) is 7.85. The van der Waals surface area contributed by atoms with Gasteiger partial charge in [-0.15, -0.1) is 0 Å². The third-order valence-corrected chi connectivity index (χ3v) is 3.26. The molecule has 2 aliphatic rings. The van der Waals surface area contributed by atoms with Crippen molar-refractivity contribution < 1.29 is 9.59 Å². The molecule has 0 bridgehead atoms. The van der Waals surface area contributed by atoms with Crippen molar-refractivity contribution in [2.45, 2.75) is 45.6 Å². The smallest absolute Gasteiger partial charge is 0.225 e. The first-order valence-corrected chi connectivity index (χ1v) is 6.45. The third kappa shape index (κ3) is 3.45. The van der Waals surface area contributed by atoms with Crippen LogP contribution in [0.2, 0.25) is 0 Å². The van der Waals surface area contributed by atoms with Gasteiger partial charge in [0.2, 0.25) is 11.8 Å². The van der Waals surface area contributed by atoms with Crippen LogP contribution in [0.3, 0.4) is 0 Å². The molecule has 1 unspecified atom stereocenters. The molecule has 1 saturated carbocycles. The van der Waals surface area contributed by atoms with Crippen LogP contribution >= 0.6 is 0 Å². The maximum atomic E-state index is 12.0. The Kier molecular flexibility index (Phi) is 3.15. The lowest BCUT2D eigenvalue weighted by Crippen LogP contribution is -2.44. The number of hydrogen-bond acceptors (Lipinski definition) is 2. The van der Waals surface area contributed by atoms with Crippen molar-refractivity contribution in [1.82, 2.24) is 10.2 Å². The molecule has 1 heterocycles. The minimum absolute atomic E-state index is 0.0177. The molecule has 17 heavy (non-hydrogen) atoms. The van der Waals surface area contributed by atoms with Gasteiger partial charge < -0.3 is 10.2 Å². The predicted molar refractivity (Wildman–Crippen MR) is 65.3 cm³/mol. The molecule has 2 fully saturated rings. The van der Waals surface area contributed by atoms with Crippen LogP contribution in [-0.4, -0.2) is 35.3 Å². The van der Waals surface area contributed by atoms with Gasteiger partial charge in [-0.3, -0.25) is 9.59 Å². The highest BCUT2D eigenvalue weighted by molar-refractivity contribution is 5.89. The van der Waals surface area contributed by atoms with Gasteiger partial charge in [0.1, 0.15) is 0 Å². The van der Waals surface area contributed by atoms with Gasteiger partial charge in [-0.2, -0.15) is 0 Å².